The Bertz CT molecular complexity index is 1010. The Morgan fingerprint density at radius 2 is 2.13 bits per heavy atom. The lowest BCUT2D eigenvalue weighted by atomic mass is 10.1. The number of rotatable bonds is 8. The van der Waals surface area contributed by atoms with Gasteiger partial charge in [0.1, 0.15) is 6.61 Å². The molecule has 0 saturated carbocycles. The fourth-order valence-electron chi connectivity index (χ4n) is 3.88. The zero-order chi connectivity index (χ0) is 21.5. The molecule has 31 heavy (non-hydrogen) atoms. The predicted octanol–water partition coefficient (Wildman–Crippen LogP) is 5.75. The molecule has 1 aliphatic heterocycles. The number of hydrogen-bond donors (Lipinski definition) is 1. The summed E-state index contributed by atoms with van der Waals surface area (Å²) in [5.41, 5.74) is 3.37. The number of fused-ring (bicyclic) bond motifs is 1. The Hall–Kier alpha value is -2.38. The summed E-state index contributed by atoms with van der Waals surface area (Å²) in [4.78, 5) is 11.8. The van der Waals surface area contributed by atoms with Gasteiger partial charge in [-0.1, -0.05) is 34.1 Å². The first-order chi connectivity index (χ1) is 15.2. The number of hydrogen-bond acceptors (Lipinski definition) is 4. The molecule has 1 amide bonds. The molecule has 3 aromatic rings. The van der Waals surface area contributed by atoms with Crippen molar-refractivity contribution in [3.05, 3.63) is 64.3 Å². The average molecular weight is 486 g/mol. The van der Waals surface area contributed by atoms with Crippen molar-refractivity contribution in [1.82, 2.24) is 15.1 Å². The first kappa shape index (κ1) is 21.8. The largest absolute Gasteiger partial charge is 0.445 e. The van der Waals surface area contributed by atoms with Gasteiger partial charge in [0.25, 0.3) is 0 Å². The molecule has 7 heteroatoms. The maximum Gasteiger partial charge on any atom is 0.407 e. The zero-order valence-electron chi connectivity index (χ0n) is 17.6. The Kier molecular flexibility index (Phi) is 7.59. The minimum atomic E-state index is -0.376. The van der Waals surface area contributed by atoms with Crippen molar-refractivity contribution in [2.24, 2.45) is 0 Å². The zero-order valence-corrected chi connectivity index (χ0v) is 19.1. The van der Waals surface area contributed by atoms with Gasteiger partial charge in [-0.05, 0) is 73.9 Å². The number of nitrogens with one attached hydrogen (secondary N) is 1. The summed E-state index contributed by atoms with van der Waals surface area (Å²) in [6, 6.07) is 14.3. The molecule has 1 aliphatic rings. The molecule has 0 bridgehead atoms. The van der Waals surface area contributed by atoms with E-state index in [-0.39, 0.29) is 18.9 Å². The van der Waals surface area contributed by atoms with Gasteiger partial charge in [0.15, 0.2) is 6.23 Å². The van der Waals surface area contributed by atoms with Crippen LogP contribution in [0.3, 0.4) is 0 Å². The van der Waals surface area contributed by atoms with Crippen molar-refractivity contribution in [3.8, 4) is 0 Å². The maximum absolute atomic E-state index is 11.8. The molecule has 0 aliphatic carbocycles. The summed E-state index contributed by atoms with van der Waals surface area (Å²) in [7, 11) is 0. The lowest BCUT2D eigenvalue weighted by molar-refractivity contribution is -0.0366. The molecule has 0 spiro atoms. The molecule has 6 nitrogen and oxygen atoms in total. The Morgan fingerprint density at radius 3 is 2.97 bits per heavy atom. The Balaban J connectivity index is 1.18. The van der Waals surface area contributed by atoms with Crippen LogP contribution in [0, 0.1) is 0 Å². The maximum atomic E-state index is 11.8. The summed E-state index contributed by atoms with van der Waals surface area (Å²) in [6.07, 6.45) is 7.83. The summed E-state index contributed by atoms with van der Waals surface area (Å²) < 4.78 is 14.1. The van der Waals surface area contributed by atoms with Gasteiger partial charge in [-0.2, -0.15) is 5.10 Å². The number of ether oxygens (including phenoxy) is 2. The monoisotopic (exact) mass is 485 g/mol. The highest BCUT2D eigenvalue weighted by molar-refractivity contribution is 9.10. The summed E-state index contributed by atoms with van der Waals surface area (Å²) in [5, 5.41) is 8.54. The second-order valence-electron chi connectivity index (χ2n) is 7.89. The minimum Gasteiger partial charge on any atom is -0.445 e. The first-order valence-electron chi connectivity index (χ1n) is 10.9. The fraction of sp³-hybridized carbons (Fsp3) is 0.417. The van der Waals surface area contributed by atoms with Gasteiger partial charge in [0.2, 0.25) is 0 Å². The number of aryl methyl sites for hydroxylation is 1. The van der Waals surface area contributed by atoms with Crippen LogP contribution in [-0.4, -0.2) is 29.0 Å². The highest BCUT2D eigenvalue weighted by atomic mass is 79.9. The van der Waals surface area contributed by atoms with Gasteiger partial charge in [0, 0.05) is 23.0 Å². The molecule has 1 fully saturated rings. The van der Waals surface area contributed by atoms with Gasteiger partial charge in [-0.25, -0.2) is 9.48 Å². The van der Waals surface area contributed by atoms with E-state index in [1.165, 1.54) is 12.0 Å². The second kappa shape index (κ2) is 10.8. The predicted molar refractivity (Wildman–Crippen MR) is 124 cm³/mol. The van der Waals surface area contributed by atoms with Gasteiger partial charge < -0.3 is 14.8 Å². The van der Waals surface area contributed by atoms with E-state index in [4.69, 9.17) is 9.47 Å². The average Bonchev–Trinajstić information content (AvgIpc) is 3.21. The first-order valence-corrected chi connectivity index (χ1v) is 11.7. The van der Waals surface area contributed by atoms with E-state index in [0.29, 0.717) is 6.54 Å². The van der Waals surface area contributed by atoms with Crippen LogP contribution in [0.4, 0.5) is 4.79 Å². The molecule has 164 valence electrons. The summed E-state index contributed by atoms with van der Waals surface area (Å²) >= 11 is 3.41. The van der Waals surface area contributed by atoms with E-state index in [0.717, 1.165) is 59.7 Å². The van der Waals surface area contributed by atoms with Crippen LogP contribution in [0.25, 0.3) is 10.9 Å². The van der Waals surface area contributed by atoms with Crippen molar-refractivity contribution >= 4 is 32.9 Å². The third-order valence-corrected chi connectivity index (χ3v) is 6.00. The van der Waals surface area contributed by atoms with Crippen LogP contribution in [0.15, 0.2) is 53.1 Å². The van der Waals surface area contributed by atoms with Crippen LogP contribution >= 0.6 is 15.9 Å². The number of halogens is 1. The van der Waals surface area contributed by atoms with E-state index in [1.807, 2.05) is 35.1 Å². The second-order valence-corrected chi connectivity index (χ2v) is 8.81. The SMILES string of the molecule is O=C(NCCCCc1ccc2c(cnn2C2CCCCO2)c1)OCc1cccc(Br)c1. The van der Waals surface area contributed by atoms with E-state index < -0.39 is 0 Å². The van der Waals surface area contributed by atoms with Gasteiger partial charge in [-0.3, -0.25) is 0 Å². The number of unbranched alkanes of at least 4 members (excludes halogenated alkanes) is 1. The standard InChI is InChI=1S/C24H28BrN3O3/c25-21-8-5-7-19(15-21)17-31-24(29)26-12-3-1-6-18-10-11-22-20(14-18)16-27-28(22)23-9-2-4-13-30-23/h5,7-8,10-11,14-16,23H,1-4,6,9,12-13,17H2,(H,26,29). The number of aromatic nitrogens is 2. The van der Waals surface area contributed by atoms with Crippen molar-refractivity contribution in [2.75, 3.05) is 13.2 Å². The van der Waals surface area contributed by atoms with Gasteiger partial charge >= 0.3 is 6.09 Å². The number of benzene rings is 2. The molecule has 1 atom stereocenters. The van der Waals surface area contributed by atoms with E-state index in [9.17, 15) is 4.79 Å². The smallest absolute Gasteiger partial charge is 0.407 e. The lowest BCUT2D eigenvalue weighted by Crippen LogP contribution is -2.25. The molecule has 1 unspecified atom stereocenters. The molecule has 2 heterocycles. The van der Waals surface area contributed by atoms with Crippen LogP contribution in [-0.2, 0) is 22.5 Å². The Morgan fingerprint density at radius 1 is 1.19 bits per heavy atom. The molecule has 1 saturated heterocycles. The van der Waals surface area contributed by atoms with Crippen molar-refractivity contribution in [1.29, 1.82) is 0 Å². The third kappa shape index (κ3) is 6.08. The number of alkyl carbamates (subject to hydrolysis) is 1. The van der Waals surface area contributed by atoms with E-state index in [1.54, 1.807) is 0 Å². The van der Waals surface area contributed by atoms with E-state index in [2.05, 4.69) is 44.5 Å². The lowest BCUT2D eigenvalue weighted by Gasteiger charge is -2.23. The van der Waals surface area contributed by atoms with Crippen molar-refractivity contribution in [3.63, 3.8) is 0 Å². The molecule has 1 aromatic heterocycles. The van der Waals surface area contributed by atoms with Crippen molar-refractivity contribution < 1.29 is 14.3 Å². The molecule has 1 N–H and O–H groups in total. The van der Waals surface area contributed by atoms with Crippen LogP contribution in [0.1, 0.15) is 49.5 Å². The van der Waals surface area contributed by atoms with Crippen LogP contribution in [0.5, 0.6) is 0 Å². The highest BCUT2D eigenvalue weighted by Gasteiger charge is 2.18. The van der Waals surface area contributed by atoms with Crippen LogP contribution < -0.4 is 5.32 Å². The quantitative estimate of drug-likeness (QED) is 0.412. The van der Waals surface area contributed by atoms with Crippen molar-refractivity contribution in [2.45, 2.75) is 51.4 Å². The van der Waals surface area contributed by atoms with Gasteiger partial charge in [-0.15, -0.1) is 0 Å². The third-order valence-electron chi connectivity index (χ3n) is 5.51. The highest BCUT2D eigenvalue weighted by Crippen LogP contribution is 2.26. The Labute approximate surface area is 191 Å². The molecule has 4 rings (SSSR count). The summed E-state index contributed by atoms with van der Waals surface area (Å²) in [5.74, 6) is 0. The topological polar surface area (TPSA) is 65.4 Å². The number of carbonyl (C=O) groups is 1. The normalized spacial score (nSPS) is 16.4. The molecular weight excluding hydrogens is 458 g/mol. The summed E-state index contributed by atoms with van der Waals surface area (Å²) in [6.45, 7) is 1.69. The molecular formula is C24H28BrN3O3. The number of amides is 1. The minimum absolute atomic E-state index is 0.0614. The number of carbonyl (C=O) groups excluding carboxylic acids is 1. The molecule has 2 aromatic carbocycles. The number of nitrogens with zero attached hydrogens (tertiary/aromatic N) is 2. The molecule has 0 radical (unpaired) electrons. The van der Waals surface area contributed by atoms with E-state index >= 15 is 0 Å². The van der Waals surface area contributed by atoms with Gasteiger partial charge in [0.05, 0.1) is 11.7 Å². The van der Waals surface area contributed by atoms with Crippen LogP contribution in [0.2, 0.25) is 0 Å². The fourth-order valence-corrected chi connectivity index (χ4v) is 4.32.